The van der Waals surface area contributed by atoms with Crippen molar-refractivity contribution in [1.29, 1.82) is 0 Å². The Balaban J connectivity index is 2.39. The van der Waals surface area contributed by atoms with Crippen molar-refractivity contribution < 1.29 is 4.79 Å². The molecule has 1 rings (SSSR count). The van der Waals surface area contributed by atoms with E-state index in [2.05, 4.69) is 26.1 Å². The fourth-order valence-electron chi connectivity index (χ4n) is 2.50. The average Bonchev–Trinajstić information content (AvgIpc) is 2.84. The number of amides is 1. The van der Waals surface area contributed by atoms with Gasteiger partial charge < -0.3 is 10.2 Å². The quantitative estimate of drug-likeness (QED) is 0.741. The van der Waals surface area contributed by atoms with Crippen LogP contribution in [0.25, 0.3) is 0 Å². The third-order valence-electron chi connectivity index (χ3n) is 3.71. The maximum atomic E-state index is 12.3. The summed E-state index contributed by atoms with van der Waals surface area (Å²) in [6.45, 7) is 9.18. The molecule has 3 nitrogen and oxygen atoms in total. The molecule has 0 saturated carbocycles. The zero-order valence-electron chi connectivity index (χ0n) is 11.7. The fourth-order valence-corrected chi connectivity index (χ4v) is 2.50. The molecule has 1 amide bonds. The lowest BCUT2D eigenvalue weighted by molar-refractivity contribution is -0.135. The normalized spacial score (nSPS) is 21.5. The van der Waals surface area contributed by atoms with Gasteiger partial charge in [0.25, 0.3) is 0 Å². The topological polar surface area (TPSA) is 32.3 Å². The Hall–Kier alpha value is -0.570. The Morgan fingerprint density at radius 3 is 2.76 bits per heavy atom. The van der Waals surface area contributed by atoms with Gasteiger partial charge in [0.2, 0.25) is 5.91 Å². The van der Waals surface area contributed by atoms with Crippen molar-refractivity contribution in [2.75, 3.05) is 19.6 Å². The van der Waals surface area contributed by atoms with Crippen LogP contribution in [0.2, 0.25) is 0 Å². The van der Waals surface area contributed by atoms with Crippen molar-refractivity contribution in [3.8, 4) is 0 Å². The highest BCUT2D eigenvalue weighted by Gasteiger charge is 2.23. The summed E-state index contributed by atoms with van der Waals surface area (Å²) in [5, 5.41) is 3.46. The first-order chi connectivity index (χ1) is 8.19. The molecular formula is C14H28N2O. The van der Waals surface area contributed by atoms with Crippen LogP contribution in [-0.4, -0.2) is 36.5 Å². The number of hydrogen-bond donors (Lipinski definition) is 1. The van der Waals surface area contributed by atoms with E-state index in [4.69, 9.17) is 0 Å². The maximum Gasteiger partial charge on any atom is 0.225 e. The molecule has 0 radical (unpaired) electrons. The maximum absolute atomic E-state index is 12.3. The minimum Gasteiger partial charge on any atom is -0.341 e. The van der Waals surface area contributed by atoms with E-state index in [9.17, 15) is 4.79 Å². The minimum atomic E-state index is 0.191. The SMILES string of the molecule is CCCCC(C)C(=O)N(CC)CC1CCCN1. The minimum absolute atomic E-state index is 0.191. The zero-order valence-corrected chi connectivity index (χ0v) is 11.7. The molecule has 1 N–H and O–H groups in total. The van der Waals surface area contributed by atoms with E-state index in [1.165, 1.54) is 19.3 Å². The van der Waals surface area contributed by atoms with Gasteiger partial charge in [0.05, 0.1) is 0 Å². The van der Waals surface area contributed by atoms with Gasteiger partial charge in [-0.15, -0.1) is 0 Å². The number of rotatable bonds is 7. The summed E-state index contributed by atoms with van der Waals surface area (Å²) < 4.78 is 0. The predicted molar refractivity (Wildman–Crippen MR) is 72.0 cm³/mol. The molecule has 2 unspecified atom stereocenters. The van der Waals surface area contributed by atoms with E-state index in [0.717, 1.165) is 32.5 Å². The first kappa shape index (κ1) is 14.5. The van der Waals surface area contributed by atoms with Gasteiger partial charge in [0.15, 0.2) is 0 Å². The van der Waals surface area contributed by atoms with Crippen LogP contribution >= 0.6 is 0 Å². The van der Waals surface area contributed by atoms with Crippen molar-refractivity contribution in [3.05, 3.63) is 0 Å². The lowest BCUT2D eigenvalue weighted by Gasteiger charge is -2.27. The van der Waals surface area contributed by atoms with Crippen LogP contribution in [-0.2, 0) is 4.79 Å². The molecule has 2 atom stereocenters. The number of unbranched alkanes of at least 4 members (excludes halogenated alkanes) is 1. The van der Waals surface area contributed by atoms with Gasteiger partial charge in [-0.25, -0.2) is 0 Å². The molecule has 1 heterocycles. The predicted octanol–water partition coefficient (Wildman–Crippen LogP) is 2.41. The molecule has 3 heteroatoms. The van der Waals surface area contributed by atoms with Gasteiger partial charge in [-0.1, -0.05) is 26.7 Å². The van der Waals surface area contributed by atoms with E-state index in [-0.39, 0.29) is 5.92 Å². The molecule has 0 aromatic rings. The van der Waals surface area contributed by atoms with Crippen LogP contribution in [0.4, 0.5) is 0 Å². The summed E-state index contributed by atoms with van der Waals surface area (Å²) in [4.78, 5) is 14.3. The number of carbonyl (C=O) groups is 1. The molecule has 0 aromatic carbocycles. The summed E-state index contributed by atoms with van der Waals surface area (Å²) >= 11 is 0. The molecule has 0 bridgehead atoms. The summed E-state index contributed by atoms with van der Waals surface area (Å²) in [6.07, 6.45) is 5.83. The first-order valence-corrected chi connectivity index (χ1v) is 7.21. The number of nitrogens with zero attached hydrogens (tertiary/aromatic N) is 1. The molecule has 1 aliphatic heterocycles. The lowest BCUT2D eigenvalue weighted by Crippen LogP contribution is -2.43. The number of likely N-dealkylation sites (N-methyl/N-ethyl adjacent to an activating group) is 1. The summed E-state index contributed by atoms with van der Waals surface area (Å²) in [5.74, 6) is 0.533. The largest absolute Gasteiger partial charge is 0.341 e. The highest BCUT2D eigenvalue weighted by molar-refractivity contribution is 5.78. The molecule has 1 saturated heterocycles. The summed E-state index contributed by atoms with van der Waals surface area (Å²) in [7, 11) is 0. The average molecular weight is 240 g/mol. The van der Waals surface area contributed by atoms with Crippen molar-refractivity contribution in [2.24, 2.45) is 5.92 Å². The third kappa shape index (κ3) is 4.66. The summed E-state index contributed by atoms with van der Waals surface area (Å²) in [6, 6.07) is 0.525. The van der Waals surface area contributed by atoms with Crippen LogP contribution in [0.15, 0.2) is 0 Å². The monoisotopic (exact) mass is 240 g/mol. The van der Waals surface area contributed by atoms with Crippen LogP contribution < -0.4 is 5.32 Å². The van der Waals surface area contributed by atoms with E-state index < -0.39 is 0 Å². The van der Waals surface area contributed by atoms with Gasteiger partial charge in [0.1, 0.15) is 0 Å². The van der Waals surface area contributed by atoms with Crippen LogP contribution in [0.5, 0.6) is 0 Å². The van der Waals surface area contributed by atoms with Gasteiger partial charge in [-0.05, 0) is 32.7 Å². The second-order valence-corrected chi connectivity index (χ2v) is 5.21. The molecular weight excluding hydrogens is 212 g/mol. The van der Waals surface area contributed by atoms with Crippen LogP contribution in [0.3, 0.4) is 0 Å². The second kappa shape index (κ2) is 7.70. The van der Waals surface area contributed by atoms with Gasteiger partial charge >= 0.3 is 0 Å². The molecule has 0 aliphatic carbocycles. The fraction of sp³-hybridized carbons (Fsp3) is 0.929. The van der Waals surface area contributed by atoms with Crippen molar-refractivity contribution in [3.63, 3.8) is 0 Å². The van der Waals surface area contributed by atoms with E-state index in [0.29, 0.717) is 11.9 Å². The van der Waals surface area contributed by atoms with Crippen LogP contribution in [0.1, 0.15) is 52.9 Å². The molecule has 0 aromatic heterocycles. The van der Waals surface area contributed by atoms with E-state index in [1.807, 2.05) is 4.90 Å². The highest BCUT2D eigenvalue weighted by atomic mass is 16.2. The Bertz CT molecular complexity index is 224. The van der Waals surface area contributed by atoms with Gasteiger partial charge in [0, 0.05) is 25.0 Å². The highest BCUT2D eigenvalue weighted by Crippen LogP contribution is 2.13. The second-order valence-electron chi connectivity index (χ2n) is 5.21. The molecule has 1 aliphatic rings. The molecule has 1 fully saturated rings. The number of nitrogens with one attached hydrogen (secondary N) is 1. The third-order valence-corrected chi connectivity index (χ3v) is 3.71. The summed E-state index contributed by atoms with van der Waals surface area (Å²) in [5.41, 5.74) is 0. The zero-order chi connectivity index (χ0) is 12.7. The van der Waals surface area contributed by atoms with Crippen LogP contribution in [0, 0.1) is 5.92 Å². The Kier molecular flexibility index (Phi) is 6.56. The standard InChI is InChI=1S/C14H28N2O/c1-4-6-8-12(3)14(17)16(5-2)11-13-9-7-10-15-13/h12-13,15H,4-11H2,1-3H3. The van der Waals surface area contributed by atoms with Gasteiger partial charge in [-0.3, -0.25) is 4.79 Å². The molecule has 0 spiro atoms. The van der Waals surface area contributed by atoms with E-state index >= 15 is 0 Å². The molecule has 100 valence electrons. The Labute approximate surface area is 106 Å². The first-order valence-electron chi connectivity index (χ1n) is 7.21. The lowest BCUT2D eigenvalue weighted by atomic mass is 10.0. The van der Waals surface area contributed by atoms with Crippen molar-refractivity contribution in [2.45, 2.75) is 58.9 Å². The van der Waals surface area contributed by atoms with Crippen molar-refractivity contribution >= 4 is 5.91 Å². The van der Waals surface area contributed by atoms with Crippen molar-refractivity contribution in [1.82, 2.24) is 10.2 Å². The molecule has 17 heavy (non-hydrogen) atoms. The Morgan fingerprint density at radius 1 is 1.47 bits per heavy atom. The number of carbonyl (C=O) groups excluding carboxylic acids is 1. The smallest absolute Gasteiger partial charge is 0.225 e. The Morgan fingerprint density at radius 2 is 2.24 bits per heavy atom. The van der Waals surface area contributed by atoms with Gasteiger partial charge in [-0.2, -0.15) is 0 Å². The van der Waals surface area contributed by atoms with E-state index in [1.54, 1.807) is 0 Å². The number of hydrogen-bond acceptors (Lipinski definition) is 2.